The van der Waals surface area contributed by atoms with Crippen LogP contribution in [0.1, 0.15) is 40.0 Å². The molecule has 1 unspecified atom stereocenters. The van der Waals surface area contributed by atoms with Gasteiger partial charge in [-0.15, -0.1) is 12.6 Å². The first kappa shape index (κ1) is 20.2. The van der Waals surface area contributed by atoms with Gasteiger partial charge in [-0.25, -0.2) is 8.78 Å². The molecule has 4 aliphatic carbocycles. The van der Waals surface area contributed by atoms with Crippen LogP contribution >= 0.6 is 12.6 Å². The molecule has 0 aromatic rings. The largest absolute Gasteiger partial charge is 0.390 e. The predicted molar refractivity (Wildman–Crippen MR) is 102 cm³/mol. The van der Waals surface area contributed by atoms with Crippen LogP contribution < -0.4 is 0 Å². The van der Waals surface area contributed by atoms with Crippen molar-refractivity contribution in [1.82, 2.24) is 0 Å². The smallest absolute Gasteiger partial charge is 0.218 e. The number of hydrogen-bond acceptors (Lipinski definition) is 4. The van der Waals surface area contributed by atoms with E-state index in [2.05, 4.69) is 12.6 Å². The summed E-state index contributed by atoms with van der Waals surface area (Å²) in [6.07, 6.45) is 0.703. The number of allylic oxidation sites excluding steroid dienone is 4. The Morgan fingerprint density at radius 3 is 2.54 bits per heavy atom. The molecule has 4 nitrogen and oxygen atoms in total. The first-order valence-electron chi connectivity index (χ1n) is 9.76. The summed E-state index contributed by atoms with van der Waals surface area (Å²) in [6, 6.07) is 0. The predicted octanol–water partition coefficient (Wildman–Crippen LogP) is 2.74. The maximum atomic E-state index is 16.8. The van der Waals surface area contributed by atoms with Crippen LogP contribution in [0.25, 0.3) is 0 Å². The van der Waals surface area contributed by atoms with Crippen molar-refractivity contribution >= 4 is 23.5 Å². The number of alkyl halides is 2. The number of aliphatic hydroxyl groups is 2. The number of hydrogen-bond donors (Lipinski definition) is 3. The third-order valence-corrected chi connectivity index (χ3v) is 8.88. The molecule has 4 aliphatic rings. The zero-order valence-corrected chi connectivity index (χ0v) is 17.0. The maximum Gasteiger partial charge on any atom is 0.218 e. The molecular weight excluding hydrogens is 386 g/mol. The van der Waals surface area contributed by atoms with Crippen LogP contribution in [-0.2, 0) is 9.59 Å². The van der Waals surface area contributed by atoms with Crippen LogP contribution in [0.3, 0.4) is 0 Å². The van der Waals surface area contributed by atoms with E-state index >= 15 is 8.78 Å². The second-order valence-corrected chi connectivity index (χ2v) is 9.97. The van der Waals surface area contributed by atoms with Crippen molar-refractivity contribution in [2.45, 2.75) is 63.6 Å². The summed E-state index contributed by atoms with van der Waals surface area (Å²) in [5, 5.41) is 21.6. The first-order chi connectivity index (χ1) is 12.8. The van der Waals surface area contributed by atoms with E-state index in [9.17, 15) is 19.8 Å². The Bertz CT molecular complexity index is 827. The molecular formula is C21H26F2O4S. The molecule has 0 aromatic heterocycles. The van der Waals surface area contributed by atoms with E-state index in [4.69, 9.17) is 0 Å². The number of rotatable bonds is 1. The number of halogens is 2. The van der Waals surface area contributed by atoms with Crippen LogP contribution in [0.4, 0.5) is 8.78 Å². The molecule has 154 valence electrons. The number of fused-ring (bicyclic) bond motifs is 5. The maximum absolute atomic E-state index is 16.8. The summed E-state index contributed by atoms with van der Waals surface area (Å²) in [6.45, 7) is 4.92. The highest BCUT2D eigenvalue weighted by molar-refractivity contribution is 7.96. The number of carbonyl (C=O) groups is 2. The lowest BCUT2D eigenvalue weighted by atomic mass is 9.44. The van der Waals surface area contributed by atoms with Crippen LogP contribution in [0.15, 0.2) is 23.8 Å². The molecule has 0 radical (unpaired) electrons. The monoisotopic (exact) mass is 412 g/mol. The van der Waals surface area contributed by atoms with Gasteiger partial charge in [0.15, 0.2) is 11.5 Å². The Labute approximate surface area is 168 Å². The van der Waals surface area contributed by atoms with E-state index in [0.717, 1.165) is 6.08 Å². The molecule has 0 bridgehead atoms. The lowest BCUT2D eigenvalue weighted by Gasteiger charge is -2.62. The van der Waals surface area contributed by atoms with Gasteiger partial charge in [0.05, 0.1) is 6.10 Å². The minimum absolute atomic E-state index is 0.0629. The number of ketones is 1. The zero-order chi connectivity index (χ0) is 20.9. The molecule has 7 heteroatoms. The molecule has 0 heterocycles. The summed E-state index contributed by atoms with van der Waals surface area (Å²) >= 11 is 3.90. The third-order valence-electron chi connectivity index (χ3n) is 8.54. The van der Waals surface area contributed by atoms with Gasteiger partial charge in [-0.2, -0.15) is 0 Å². The van der Waals surface area contributed by atoms with Crippen molar-refractivity contribution in [3.05, 3.63) is 23.8 Å². The van der Waals surface area contributed by atoms with E-state index in [1.54, 1.807) is 13.8 Å². The van der Waals surface area contributed by atoms with Gasteiger partial charge in [0.2, 0.25) is 5.12 Å². The molecule has 0 aliphatic heterocycles. The van der Waals surface area contributed by atoms with Gasteiger partial charge in [-0.3, -0.25) is 9.59 Å². The molecule has 0 saturated heterocycles. The minimum Gasteiger partial charge on any atom is -0.390 e. The fraction of sp³-hybridized carbons (Fsp3) is 0.714. The van der Waals surface area contributed by atoms with Crippen molar-refractivity contribution in [2.75, 3.05) is 0 Å². The summed E-state index contributed by atoms with van der Waals surface area (Å²) in [5.41, 5.74) is -6.53. The standard InChI is InChI=1S/C21H26F2O4S/c1-10-6-12-13-8-15(22)14-7-11(24)4-5-18(14,2)20(13,23)16(25)9-19(12,3)21(10,27)17(26)28/h4-5,7,10,12-13,15-16,25,27H,6,8-9H2,1-3H3,(H,26,28)/t10-,12+,13+,15+,16?,18+,19+,20+,21+/m1/s1. The highest BCUT2D eigenvalue weighted by Crippen LogP contribution is 2.71. The van der Waals surface area contributed by atoms with Gasteiger partial charge in [0.1, 0.15) is 11.8 Å². The SMILES string of the molecule is C[C@@H]1C[C@H]2[C@@H]3C[C@H](F)C4=CC(=O)C=C[C@]4(C)[C@@]3(F)C(O)C[C@]2(C)[C@@]1(O)C(=O)S. The van der Waals surface area contributed by atoms with Gasteiger partial charge >= 0.3 is 0 Å². The fourth-order valence-corrected chi connectivity index (χ4v) is 7.47. The number of thiol groups is 1. The lowest BCUT2D eigenvalue weighted by Crippen LogP contribution is -2.70. The van der Waals surface area contributed by atoms with Gasteiger partial charge in [-0.05, 0) is 55.7 Å². The highest BCUT2D eigenvalue weighted by Gasteiger charge is 2.76. The average Bonchev–Trinajstić information content (AvgIpc) is 2.81. The molecule has 3 fully saturated rings. The van der Waals surface area contributed by atoms with Gasteiger partial charge in [0.25, 0.3) is 0 Å². The second-order valence-electron chi connectivity index (χ2n) is 9.57. The van der Waals surface area contributed by atoms with E-state index in [-0.39, 0.29) is 18.4 Å². The van der Waals surface area contributed by atoms with Crippen LogP contribution in [-0.4, -0.2) is 44.7 Å². The van der Waals surface area contributed by atoms with Gasteiger partial charge < -0.3 is 10.2 Å². The van der Waals surface area contributed by atoms with Crippen molar-refractivity contribution in [1.29, 1.82) is 0 Å². The Morgan fingerprint density at radius 2 is 1.93 bits per heavy atom. The molecule has 4 rings (SSSR count). The molecule has 9 atom stereocenters. The summed E-state index contributed by atoms with van der Waals surface area (Å²) in [7, 11) is 0. The average molecular weight is 412 g/mol. The molecule has 0 amide bonds. The van der Waals surface area contributed by atoms with E-state index < -0.39 is 63.0 Å². The zero-order valence-electron chi connectivity index (χ0n) is 16.2. The summed E-state index contributed by atoms with van der Waals surface area (Å²) in [4.78, 5) is 24.1. The van der Waals surface area contributed by atoms with Crippen molar-refractivity contribution in [2.24, 2.45) is 28.6 Å². The normalized spacial score (nSPS) is 55.2. The van der Waals surface area contributed by atoms with Crippen LogP contribution in [0, 0.1) is 28.6 Å². The summed E-state index contributed by atoms with van der Waals surface area (Å²) in [5.74, 6) is -2.29. The highest BCUT2D eigenvalue weighted by atomic mass is 32.1. The van der Waals surface area contributed by atoms with Crippen molar-refractivity contribution < 1.29 is 28.6 Å². The molecule has 0 aromatic carbocycles. The minimum atomic E-state index is -2.20. The van der Waals surface area contributed by atoms with Gasteiger partial charge in [0, 0.05) is 16.7 Å². The number of carbonyl (C=O) groups excluding carboxylic acids is 2. The lowest BCUT2D eigenvalue weighted by molar-refractivity contribution is -0.221. The van der Waals surface area contributed by atoms with Gasteiger partial charge in [-0.1, -0.05) is 19.9 Å². The van der Waals surface area contributed by atoms with Crippen molar-refractivity contribution in [3.63, 3.8) is 0 Å². The molecule has 2 N–H and O–H groups in total. The van der Waals surface area contributed by atoms with E-state index in [1.807, 2.05) is 0 Å². The number of aliphatic hydroxyl groups excluding tert-OH is 1. The Kier molecular flexibility index (Phi) is 4.16. The summed E-state index contributed by atoms with van der Waals surface area (Å²) < 4.78 is 32.0. The van der Waals surface area contributed by atoms with Crippen LogP contribution in [0.5, 0.6) is 0 Å². The van der Waals surface area contributed by atoms with E-state index in [1.165, 1.54) is 19.1 Å². The van der Waals surface area contributed by atoms with Crippen LogP contribution in [0.2, 0.25) is 0 Å². The quantitative estimate of drug-likeness (QED) is 0.579. The van der Waals surface area contributed by atoms with Crippen molar-refractivity contribution in [3.8, 4) is 0 Å². The molecule has 0 spiro atoms. The Hall–Kier alpha value is -1.05. The first-order valence-corrected chi connectivity index (χ1v) is 10.2. The topological polar surface area (TPSA) is 74.6 Å². The third kappa shape index (κ3) is 2.03. The Balaban J connectivity index is 1.88. The molecule has 28 heavy (non-hydrogen) atoms. The van der Waals surface area contributed by atoms with E-state index in [0.29, 0.717) is 6.42 Å². The second kappa shape index (κ2) is 5.76. The Morgan fingerprint density at radius 1 is 1.29 bits per heavy atom. The fourth-order valence-electron chi connectivity index (χ4n) is 7.00. The molecule has 3 saturated carbocycles.